The Balaban J connectivity index is 1.02. The fourth-order valence-electron chi connectivity index (χ4n) is 13.4. The first-order valence-electron chi connectivity index (χ1n) is 25.4. The van der Waals surface area contributed by atoms with Crippen molar-refractivity contribution in [2.45, 2.75) is 96.3 Å². The molecule has 9 aromatic carbocycles. The monoisotopic (exact) mass is 903 g/mol. The molecule has 0 saturated heterocycles. The van der Waals surface area contributed by atoms with Gasteiger partial charge in [0.15, 0.2) is 0 Å². The van der Waals surface area contributed by atoms with E-state index in [0.29, 0.717) is 0 Å². The van der Waals surface area contributed by atoms with Crippen molar-refractivity contribution in [3.8, 4) is 55.6 Å². The predicted octanol–water partition coefficient (Wildman–Crippen LogP) is 18.4. The lowest BCUT2D eigenvalue weighted by molar-refractivity contribution is 0.586. The summed E-state index contributed by atoms with van der Waals surface area (Å²) in [4.78, 5) is 2.51. The summed E-state index contributed by atoms with van der Waals surface area (Å²) in [5.74, 6) is 0. The lowest BCUT2D eigenvalue weighted by Crippen LogP contribution is -2.27. The maximum absolute atomic E-state index is 2.55. The van der Waals surface area contributed by atoms with Crippen LogP contribution in [0.3, 0.4) is 0 Å². The Hall–Kier alpha value is -7.22. The second-order valence-corrected chi connectivity index (χ2v) is 23.7. The van der Waals surface area contributed by atoms with E-state index in [0.717, 1.165) is 17.1 Å². The number of anilines is 3. The van der Waals surface area contributed by atoms with Gasteiger partial charge in [-0.05, 0) is 158 Å². The summed E-state index contributed by atoms with van der Waals surface area (Å²) in [6.07, 6.45) is 0. The van der Waals surface area contributed by atoms with Crippen LogP contribution in [-0.2, 0) is 27.1 Å². The molecule has 13 rings (SSSR count). The molecule has 70 heavy (non-hydrogen) atoms. The minimum Gasteiger partial charge on any atom is -0.310 e. The summed E-state index contributed by atoms with van der Waals surface area (Å²) in [5, 5.41) is 0. The van der Waals surface area contributed by atoms with Crippen LogP contribution in [0.4, 0.5) is 17.1 Å². The van der Waals surface area contributed by atoms with Crippen molar-refractivity contribution >= 4 is 17.1 Å². The molecule has 4 aliphatic rings. The molecule has 0 aliphatic heterocycles. The van der Waals surface area contributed by atoms with Gasteiger partial charge in [-0.15, -0.1) is 0 Å². The first-order chi connectivity index (χ1) is 33.5. The third kappa shape index (κ3) is 5.78. The molecule has 9 aromatic rings. The largest absolute Gasteiger partial charge is 0.310 e. The van der Waals surface area contributed by atoms with E-state index in [1.165, 1.54) is 111 Å². The highest BCUT2D eigenvalue weighted by atomic mass is 15.1. The summed E-state index contributed by atoms with van der Waals surface area (Å²) in [6.45, 7) is 23.6. The fourth-order valence-corrected chi connectivity index (χ4v) is 13.4. The molecule has 0 aromatic heterocycles. The standard InChI is InChI=1S/C69H61N/c1-65(2,3)43-28-34-53-54-35-29-44(66(4,5)6)39-63(54)69(62(53)38-43)59-25-16-13-20-51(59)56-40-46(33-37-60(56)69)70(47-32-36-52-49-18-11-14-23-57(49)67(7,8)61(52)41-47)45-30-26-42(27-31-45)48-21-17-22-55-50-19-12-15-24-58(50)68(9,10)64(48)55/h11-41H,1-10H3. The van der Waals surface area contributed by atoms with Gasteiger partial charge in [0.2, 0.25) is 0 Å². The summed E-state index contributed by atoms with van der Waals surface area (Å²) >= 11 is 0. The molecule has 0 bridgehead atoms. The third-order valence-corrected chi connectivity index (χ3v) is 17.0. The summed E-state index contributed by atoms with van der Waals surface area (Å²) in [7, 11) is 0. The van der Waals surface area contributed by atoms with E-state index in [4.69, 9.17) is 0 Å². The average Bonchev–Trinajstić information content (AvgIpc) is 3.98. The molecule has 0 atom stereocenters. The van der Waals surface area contributed by atoms with Crippen LogP contribution in [0.1, 0.15) is 125 Å². The van der Waals surface area contributed by atoms with Gasteiger partial charge < -0.3 is 4.90 Å². The molecule has 0 fully saturated rings. The highest BCUT2D eigenvalue weighted by Gasteiger charge is 2.52. The SMILES string of the molecule is CC(C)(C)c1ccc2c(c1)C1(c3ccccc3-c3cc(N(c4ccc(-c5cccc6c5C(C)(C)c5ccccc5-6)cc4)c4ccc5c(c4)C(C)(C)c4ccccc4-5)ccc31)c1cc(C(C)(C)C)ccc1-2. The van der Waals surface area contributed by atoms with Gasteiger partial charge in [-0.1, -0.05) is 221 Å². The Kier molecular flexibility index (Phi) is 8.83. The Morgan fingerprint density at radius 1 is 0.300 bits per heavy atom. The van der Waals surface area contributed by atoms with Gasteiger partial charge in [0.05, 0.1) is 5.41 Å². The van der Waals surface area contributed by atoms with Crippen molar-refractivity contribution in [1.82, 2.24) is 0 Å². The fraction of sp³-hybridized carbons (Fsp3) is 0.217. The Bertz CT molecular complexity index is 3610. The van der Waals surface area contributed by atoms with Gasteiger partial charge in [-0.2, -0.15) is 0 Å². The molecule has 1 nitrogen and oxygen atoms in total. The van der Waals surface area contributed by atoms with Crippen molar-refractivity contribution in [1.29, 1.82) is 0 Å². The van der Waals surface area contributed by atoms with Crippen LogP contribution < -0.4 is 4.90 Å². The van der Waals surface area contributed by atoms with Crippen molar-refractivity contribution in [2.24, 2.45) is 0 Å². The van der Waals surface area contributed by atoms with Gasteiger partial charge in [0, 0.05) is 27.9 Å². The molecule has 1 heteroatoms. The maximum atomic E-state index is 2.55. The highest BCUT2D eigenvalue weighted by molar-refractivity contribution is 5.97. The summed E-state index contributed by atoms with van der Waals surface area (Å²) in [5.41, 5.74) is 29.7. The summed E-state index contributed by atoms with van der Waals surface area (Å²) < 4.78 is 0. The molecular formula is C69H61N. The van der Waals surface area contributed by atoms with Crippen LogP contribution in [-0.4, -0.2) is 0 Å². The van der Waals surface area contributed by atoms with Crippen LogP contribution in [0.15, 0.2) is 188 Å². The lowest BCUT2D eigenvalue weighted by Gasteiger charge is -2.33. The van der Waals surface area contributed by atoms with E-state index in [2.05, 4.69) is 262 Å². The Morgan fingerprint density at radius 3 is 1.34 bits per heavy atom. The highest BCUT2D eigenvalue weighted by Crippen LogP contribution is 2.64. The Labute approximate surface area is 415 Å². The summed E-state index contributed by atoms with van der Waals surface area (Å²) in [6, 6.07) is 72.8. The van der Waals surface area contributed by atoms with E-state index in [9.17, 15) is 0 Å². The normalized spacial score (nSPS) is 15.6. The number of rotatable bonds is 4. The molecule has 0 unspecified atom stereocenters. The minimum absolute atomic E-state index is 0.00399. The van der Waals surface area contributed by atoms with Crippen LogP contribution in [0, 0.1) is 0 Å². The van der Waals surface area contributed by atoms with Crippen LogP contribution >= 0.6 is 0 Å². The van der Waals surface area contributed by atoms with Gasteiger partial charge in [-0.3, -0.25) is 0 Å². The zero-order valence-corrected chi connectivity index (χ0v) is 42.3. The van der Waals surface area contributed by atoms with E-state index in [1.54, 1.807) is 0 Å². The molecule has 342 valence electrons. The molecule has 0 saturated carbocycles. The van der Waals surface area contributed by atoms with Crippen molar-refractivity contribution < 1.29 is 0 Å². The van der Waals surface area contributed by atoms with E-state index >= 15 is 0 Å². The zero-order valence-electron chi connectivity index (χ0n) is 42.3. The minimum atomic E-state index is -0.461. The first kappa shape index (κ1) is 42.8. The number of benzene rings is 9. The average molecular weight is 904 g/mol. The Morgan fingerprint density at radius 2 is 0.729 bits per heavy atom. The topological polar surface area (TPSA) is 3.24 Å². The molecule has 0 amide bonds. The van der Waals surface area contributed by atoms with Crippen LogP contribution in [0.5, 0.6) is 0 Å². The van der Waals surface area contributed by atoms with E-state index in [1.807, 2.05) is 0 Å². The molecule has 0 radical (unpaired) electrons. The second-order valence-electron chi connectivity index (χ2n) is 23.7. The smallest absolute Gasteiger partial charge is 0.0725 e. The molecule has 0 N–H and O–H groups in total. The zero-order chi connectivity index (χ0) is 48.3. The van der Waals surface area contributed by atoms with Crippen molar-refractivity contribution in [3.05, 3.63) is 244 Å². The second kappa shape index (κ2) is 14.4. The van der Waals surface area contributed by atoms with Crippen LogP contribution in [0.25, 0.3) is 55.6 Å². The van der Waals surface area contributed by atoms with Gasteiger partial charge in [-0.25, -0.2) is 0 Å². The van der Waals surface area contributed by atoms with Crippen LogP contribution in [0.2, 0.25) is 0 Å². The molecule has 4 aliphatic carbocycles. The first-order valence-corrected chi connectivity index (χ1v) is 25.4. The van der Waals surface area contributed by atoms with E-state index < -0.39 is 5.41 Å². The van der Waals surface area contributed by atoms with Crippen molar-refractivity contribution in [2.75, 3.05) is 4.90 Å². The predicted molar refractivity (Wildman–Crippen MR) is 295 cm³/mol. The lowest BCUT2D eigenvalue weighted by atomic mass is 9.69. The number of nitrogens with zero attached hydrogens (tertiary/aromatic N) is 1. The molecular weight excluding hydrogens is 843 g/mol. The quantitative estimate of drug-likeness (QED) is 0.170. The van der Waals surface area contributed by atoms with E-state index in [-0.39, 0.29) is 21.7 Å². The van der Waals surface area contributed by atoms with Gasteiger partial charge >= 0.3 is 0 Å². The van der Waals surface area contributed by atoms with Gasteiger partial charge in [0.25, 0.3) is 0 Å². The van der Waals surface area contributed by atoms with Crippen molar-refractivity contribution in [3.63, 3.8) is 0 Å². The number of fused-ring (bicyclic) bond motifs is 16. The molecule has 1 spiro atoms. The number of hydrogen-bond acceptors (Lipinski definition) is 1. The van der Waals surface area contributed by atoms with Gasteiger partial charge in [0.1, 0.15) is 0 Å². The third-order valence-electron chi connectivity index (χ3n) is 17.0. The maximum Gasteiger partial charge on any atom is 0.0725 e. The number of hydrogen-bond donors (Lipinski definition) is 0. The molecule has 0 heterocycles.